The molecule has 2 aromatic heterocycles. The number of nitrogens with zero attached hydrogens (tertiary/aromatic N) is 1. The van der Waals surface area contributed by atoms with Crippen molar-refractivity contribution in [3.63, 3.8) is 0 Å². The molecule has 0 saturated carbocycles. The summed E-state index contributed by atoms with van der Waals surface area (Å²) in [6.07, 6.45) is 0.827. The van der Waals surface area contributed by atoms with Crippen LogP contribution in [0.4, 0.5) is 5.82 Å². The van der Waals surface area contributed by atoms with Gasteiger partial charge in [0.25, 0.3) is 5.91 Å². The van der Waals surface area contributed by atoms with Crippen molar-refractivity contribution in [1.29, 1.82) is 0 Å². The highest BCUT2D eigenvalue weighted by atomic mass is 79.9. The summed E-state index contributed by atoms with van der Waals surface area (Å²) in [5.41, 5.74) is 0.430. The van der Waals surface area contributed by atoms with E-state index >= 15 is 0 Å². The molecule has 0 aliphatic heterocycles. The van der Waals surface area contributed by atoms with Crippen LogP contribution in [-0.2, 0) is 6.42 Å². The van der Waals surface area contributed by atoms with Crippen LogP contribution in [0.25, 0.3) is 0 Å². The van der Waals surface area contributed by atoms with Gasteiger partial charge in [0, 0.05) is 18.5 Å². The number of halogens is 1. The number of carbonyl (C=O) groups is 1. The number of amides is 1. The average molecular weight is 340 g/mol. The number of thiophene rings is 1. The van der Waals surface area contributed by atoms with Gasteiger partial charge in [0.05, 0.1) is 3.79 Å². The van der Waals surface area contributed by atoms with E-state index in [1.807, 2.05) is 18.2 Å². The molecule has 0 spiro atoms. The highest BCUT2D eigenvalue weighted by Gasteiger charge is 2.07. The summed E-state index contributed by atoms with van der Waals surface area (Å²) in [5.74, 6) is 0.544. The molecular formula is C13H14BrN3OS. The maximum absolute atomic E-state index is 11.9. The van der Waals surface area contributed by atoms with Crippen molar-refractivity contribution in [2.24, 2.45) is 0 Å². The van der Waals surface area contributed by atoms with Crippen molar-refractivity contribution in [3.05, 3.63) is 44.7 Å². The Balaban J connectivity index is 1.87. The number of nitrogens with one attached hydrogen (secondary N) is 2. The summed E-state index contributed by atoms with van der Waals surface area (Å²) in [6, 6.07) is 9.41. The first-order chi connectivity index (χ1) is 9.19. The summed E-state index contributed by atoms with van der Waals surface area (Å²) in [7, 11) is 1.78. The first-order valence-electron chi connectivity index (χ1n) is 5.86. The highest BCUT2D eigenvalue weighted by Crippen LogP contribution is 2.22. The Morgan fingerprint density at radius 2 is 2.21 bits per heavy atom. The predicted octanol–water partition coefficient (Wildman–Crippen LogP) is 2.92. The lowest BCUT2D eigenvalue weighted by molar-refractivity contribution is 0.0949. The third-order valence-corrected chi connectivity index (χ3v) is 4.21. The maximum atomic E-state index is 11.9. The lowest BCUT2D eigenvalue weighted by Crippen LogP contribution is -2.26. The van der Waals surface area contributed by atoms with Gasteiger partial charge in [0.15, 0.2) is 0 Å². The number of aromatic nitrogens is 1. The molecule has 2 heterocycles. The van der Waals surface area contributed by atoms with Gasteiger partial charge in [-0.25, -0.2) is 4.98 Å². The standard InChI is InChI=1S/C13H14BrN3OS/c1-15-12-4-2-3-10(17-12)13(18)16-8-7-9-5-6-11(14)19-9/h2-6H,7-8H2,1H3,(H,15,17)(H,16,18). The van der Waals surface area contributed by atoms with E-state index in [9.17, 15) is 4.79 Å². The molecule has 0 aliphatic carbocycles. The Labute approximate surface area is 124 Å². The first kappa shape index (κ1) is 14.0. The van der Waals surface area contributed by atoms with Gasteiger partial charge >= 0.3 is 0 Å². The summed E-state index contributed by atoms with van der Waals surface area (Å²) >= 11 is 5.10. The third-order valence-electron chi connectivity index (χ3n) is 2.52. The molecule has 6 heteroatoms. The Morgan fingerprint density at radius 1 is 1.37 bits per heavy atom. The summed E-state index contributed by atoms with van der Waals surface area (Å²) < 4.78 is 1.11. The smallest absolute Gasteiger partial charge is 0.269 e. The van der Waals surface area contributed by atoms with Crippen molar-refractivity contribution in [2.75, 3.05) is 18.9 Å². The molecule has 19 heavy (non-hydrogen) atoms. The van der Waals surface area contributed by atoms with Gasteiger partial charge in [-0.1, -0.05) is 6.07 Å². The largest absolute Gasteiger partial charge is 0.373 e. The van der Waals surface area contributed by atoms with Gasteiger partial charge in [-0.3, -0.25) is 4.79 Å². The second kappa shape index (κ2) is 6.68. The van der Waals surface area contributed by atoms with Gasteiger partial charge in [0.1, 0.15) is 11.5 Å². The van der Waals surface area contributed by atoms with E-state index in [0.717, 1.165) is 10.2 Å². The molecule has 2 N–H and O–H groups in total. The van der Waals surface area contributed by atoms with Gasteiger partial charge in [-0.05, 0) is 46.6 Å². The van der Waals surface area contributed by atoms with E-state index < -0.39 is 0 Å². The van der Waals surface area contributed by atoms with Gasteiger partial charge < -0.3 is 10.6 Å². The highest BCUT2D eigenvalue weighted by molar-refractivity contribution is 9.11. The van der Waals surface area contributed by atoms with E-state index in [-0.39, 0.29) is 5.91 Å². The van der Waals surface area contributed by atoms with Crippen LogP contribution in [0.3, 0.4) is 0 Å². The quantitative estimate of drug-likeness (QED) is 0.880. The Hall–Kier alpha value is -1.40. The molecule has 1 amide bonds. The average Bonchev–Trinajstić information content (AvgIpc) is 2.84. The zero-order chi connectivity index (χ0) is 13.7. The van der Waals surface area contributed by atoms with E-state index in [2.05, 4.69) is 37.6 Å². The fourth-order valence-corrected chi connectivity index (χ4v) is 3.06. The lowest BCUT2D eigenvalue weighted by atomic mass is 10.3. The number of rotatable bonds is 5. The Morgan fingerprint density at radius 3 is 2.89 bits per heavy atom. The first-order valence-corrected chi connectivity index (χ1v) is 7.47. The van der Waals surface area contributed by atoms with Crippen LogP contribution in [0.15, 0.2) is 34.1 Å². The molecule has 100 valence electrons. The van der Waals surface area contributed by atoms with Crippen LogP contribution in [0.5, 0.6) is 0 Å². The van der Waals surface area contributed by atoms with E-state index in [0.29, 0.717) is 18.1 Å². The number of hydrogen-bond acceptors (Lipinski definition) is 4. The van der Waals surface area contributed by atoms with Crippen LogP contribution in [-0.4, -0.2) is 24.5 Å². The molecule has 4 nitrogen and oxygen atoms in total. The number of hydrogen-bond donors (Lipinski definition) is 2. The van der Waals surface area contributed by atoms with Crippen LogP contribution >= 0.6 is 27.3 Å². The molecule has 0 aliphatic rings. The SMILES string of the molecule is CNc1cccc(C(=O)NCCc2ccc(Br)s2)n1. The molecule has 0 atom stereocenters. The van der Waals surface area contributed by atoms with Gasteiger partial charge in [-0.15, -0.1) is 11.3 Å². The Kier molecular flexibility index (Phi) is 4.93. The summed E-state index contributed by atoms with van der Waals surface area (Å²) in [5, 5.41) is 5.78. The number of anilines is 1. The van der Waals surface area contributed by atoms with E-state index in [1.54, 1.807) is 24.5 Å². The van der Waals surface area contributed by atoms with Crippen LogP contribution in [0.2, 0.25) is 0 Å². The van der Waals surface area contributed by atoms with Crippen molar-refractivity contribution in [3.8, 4) is 0 Å². The molecule has 2 rings (SSSR count). The fraction of sp³-hybridized carbons (Fsp3) is 0.231. The van der Waals surface area contributed by atoms with Crippen LogP contribution < -0.4 is 10.6 Å². The van der Waals surface area contributed by atoms with Crippen molar-refractivity contribution in [1.82, 2.24) is 10.3 Å². The molecule has 0 fully saturated rings. The second-order valence-corrected chi connectivity index (χ2v) is 6.42. The maximum Gasteiger partial charge on any atom is 0.269 e. The summed E-state index contributed by atoms with van der Waals surface area (Å²) in [6.45, 7) is 0.608. The van der Waals surface area contributed by atoms with E-state index in [1.165, 1.54) is 4.88 Å². The Bertz CT molecular complexity index is 571. The van der Waals surface area contributed by atoms with Crippen LogP contribution in [0, 0.1) is 0 Å². The molecule has 0 aromatic carbocycles. The molecular weight excluding hydrogens is 326 g/mol. The molecule has 0 bridgehead atoms. The third kappa shape index (κ3) is 4.04. The topological polar surface area (TPSA) is 54.0 Å². The second-order valence-electron chi connectivity index (χ2n) is 3.87. The molecule has 0 saturated heterocycles. The predicted molar refractivity (Wildman–Crippen MR) is 81.8 cm³/mol. The van der Waals surface area contributed by atoms with Crippen molar-refractivity contribution in [2.45, 2.75) is 6.42 Å². The minimum absolute atomic E-state index is 0.146. The lowest BCUT2D eigenvalue weighted by Gasteiger charge is -2.05. The van der Waals surface area contributed by atoms with Crippen molar-refractivity contribution >= 4 is 39.0 Å². The monoisotopic (exact) mass is 339 g/mol. The van der Waals surface area contributed by atoms with Gasteiger partial charge in [-0.2, -0.15) is 0 Å². The minimum atomic E-state index is -0.146. The zero-order valence-electron chi connectivity index (χ0n) is 10.4. The minimum Gasteiger partial charge on any atom is -0.373 e. The van der Waals surface area contributed by atoms with Gasteiger partial charge in [0.2, 0.25) is 0 Å². The normalized spacial score (nSPS) is 10.2. The molecule has 0 radical (unpaired) electrons. The number of pyridine rings is 1. The van der Waals surface area contributed by atoms with Crippen molar-refractivity contribution < 1.29 is 4.79 Å². The fourth-order valence-electron chi connectivity index (χ4n) is 1.58. The zero-order valence-corrected chi connectivity index (χ0v) is 12.8. The number of carbonyl (C=O) groups excluding carboxylic acids is 1. The molecule has 2 aromatic rings. The van der Waals surface area contributed by atoms with E-state index in [4.69, 9.17) is 0 Å². The summed E-state index contributed by atoms with van der Waals surface area (Å²) in [4.78, 5) is 17.3. The molecule has 0 unspecified atom stereocenters. The van der Waals surface area contributed by atoms with Crippen LogP contribution in [0.1, 0.15) is 15.4 Å².